The molecule has 22 nitrogen and oxygen atoms in total. The summed E-state index contributed by atoms with van der Waals surface area (Å²) >= 11 is 0. The Morgan fingerprint density at radius 3 is 2.26 bits per heavy atom. The van der Waals surface area contributed by atoms with Crippen molar-refractivity contribution in [2.45, 2.75) is 116 Å². The largest absolute Gasteiger partial charge is 0.445 e. The number of anilines is 1. The SMILES string of the molecule is CC(CO)NC(=O)N(C[C@@H]1CN(C(=O)OCc2ccc(NC(=O)[C@H](CCCNC(N)=O)NC(=O)[C@@H](NC(=O)CCCCCN3C(=O)C=CC3=O)C(C)C)cc2)C[C@@H]1F)[C@@H](c1nc(-c2cc(F)ccc2F)cn1Cc1ccccc1)C1CCOCC1. The van der Waals surface area contributed by atoms with E-state index in [1.54, 1.807) is 55.8 Å². The fourth-order valence-electron chi connectivity index (χ4n) is 10.5. The van der Waals surface area contributed by atoms with Gasteiger partial charge in [0.25, 0.3) is 11.8 Å². The Labute approximate surface area is 491 Å². The van der Waals surface area contributed by atoms with Crippen molar-refractivity contribution in [3.63, 3.8) is 0 Å². The van der Waals surface area contributed by atoms with Crippen LogP contribution in [0.4, 0.5) is 33.2 Å². The summed E-state index contributed by atoms with van der Waals surface area (Å²) in [6.45, 7) is 5.01. The number of nitrogens with one attached hydrogen (secondary N) is 5. The molecule has 6 atom stereocenters. The zero-order valence-electron chi connectivity index (χ0n) is 48.0. The second-order valence-electron chi connectivity index (χ2n) is 22.0. The van der Waals surface area contributed by atoms with Crippen LogP contribution in [0.15, 0.2) is 91.1 Å². The highest BCUT2D eigenvalue weighted by molar-refractivity contribution is 6.12. The number of aliphatic hydroxyl groups excluding tert-OH is 1. The molecule has 25 heteroatoms. The van der Waals surface area contributed by atoms with Crippen LogP contribution in [0, 0.1) is 29.4 Å². The third-order valence-electron chi connectivity index (χ3n) is 15.1. The summed E-state index contributed by atoms with van der Waals surface area (Å²) in [5.41, 5.74) is 6.94. The first-order valence-electron chi connectivity index (χ1n) is 28.7. The number of aromatic nitrogens is 2. The predicted molar refractivity (Wildman–Crippen MR) is 306 cm³/mol. The molecular formula is C60H76F3N11O11. The summed E-state index contributed by atoms with van der Waals surface area (Å²) in [5.74, 6) is -5.03. The molecule has 4 heterocycles. The molecule has 0 aliphatic carbocycles. The van der Waals surface area contributed by atoms with Gasteiger partial charge in [0.1, 0.15) is 42.3 Å². The molecule has 2 fully saturated rings. The number of amides is 10. The number of alkyl halides is 1. The normalized spacial score (nSPS) is 17.5. The molecule has 2 saturated heterocycles. The van der Waals surface area contributed by atoms with Gasteiger partial charge < -0.3 is 61.3 Å². The average Bonchev–Trinajstić information content (AvgIpc) is 2.51. The number of nitrogens with two attached hydrogens (primary N) is 1. The van der Waals surface area contributed by atoms with Gasteiger partial charge in [-0.2, -0.15) is 0 Å². The lowest BCUT2D eigenvalue weighted by atomic mass is 9.89. The topological polar surface area (TPSA) is 289 Å². The minimum Gasteiger partial charge on any atom is -0.445 e. The van der Waals surface area contributed by atoms with Crippen molar-refractivity contribution in [2.24, 2.45) is 23.5 Å². The van der Waals surface area contributed by atoms with E-state index in [9.17, 15) is 47.9 Å². The highest BCUT2D eigenvalue weighted by Crippen LogP contribution is 2.39. The van der Waals surface area contributed by atoms with Gasteiger partial charge in [-0.15, -0.1) is 0 Å². The van der Waals surface area contributed by atoms with Gasteiger partial charge in [-0.1, -0.05) is 62.7 Å². The molecule has 8 N–H and O–H groups in total. The Hall–Kier alpha value is -8.32. The Bertz CT molecular complexity index is 2980. The minimum atomic E-state index is -1.62. The summed E-state index contributed by atoms with van der Waals surface area (Å²) in [7, 11) is 0. The molecule has 3 aliphatic rings. The van der Waals surface area contributed by atoms with Crippen LogP contribution in [0.3, 0.4) is 0 Å². The maximum Gasteiger partial charge on any atom is 0.410 e. The van der Waals surface area contributed by atoms with Crippen molar-refractivity contribution in [1.82, 2.24) is 45.5 Å². The van der Waals surface area contributed by atoms with Crippen LogP contribution in [0.2, 0.25) is 0 Å². The number of halogens is 3. The monoisotopic (exact) mass is 1180 g/mol. The van der Waals surface area contributed by atoms with Crippen molar-refractivity contribution in [2.75, 3.05) is 57.9 Å². The van der Waals surface area contributed by atoms with Gasteiger partial charge in [0.2, 0.25) is 17.7 Å². The number of unbranched alkanes of at least 4 members (excludes halogenated alkanes) is 2. The van der Waals surface area contributed by atoms with E-state index in [0.29, 0.717) is 62.4 Å². The number of imide groups is 1. The number of hydrogen-bond acceptors (Lipinski definition) is 12. The molecule has 458 valence electrons. The Morgan fingerprint density at radius 2 is 1.58 bits per heavy atom. The van der Waals surface area contributed by atoms with Crippen LogP contribution < -0.4 is 32.3 Å². The number of likely N-dealkylation sites (tertiary alicyclic amines) is 1. The smallest absolute Gasteiger partial charge is 0.410 e. The molecule has 0 saturated carbocycles. The highest BCUT2D eigenvalue weighted by Gasteiger charge is 2.43. The van der Waals surface area contributed by atoms with Gasteiger partial charge in [-0.3, -0.25) is 28.9 Å². The van der Waals surface area contributed by atoms with Gasteiger partial charge in [0.15, 0.2) is 0 Å². The number of carbonyl (C=O) groups is 8. The van der Waals surface area contributed by atoms with Crippen molar-refractivity contribution in [3.05, 3.63) is 120 Å². The maximum absolute atomic E-state index is 16.5. The quantitative estimate of drug-likeness (QED) is 0.0261. The fraction of sp³-hybridized carbons (Fsp3) is 0.483. The third-order valence-corrected chi connectivity index (χ3v) is 15.1. The number of carbonyl (C=O) groups excluding carboxylic acids is 8. The molecule has 85 heavy (non-hydrogen) atoms. The number of nitrogens with zero attached hydrogens (tertiary/aromatic N) is 5. The van der Waals surface area contributed by atoms with E-state index in [4.69, 9.17) is 20.2 Å². The molecule has 1 unspecified atom stereocenters. The van der Waals surface area contributed by atoms with Crippen LogP contribution in [0.1, 0.15) is 95.1 Å². The first kappa shape index (κ1) is 64.2. The van der Waals surface area contributed by atoms with E-state index in [1.807, 2.05) is 30.3 Å². The molecular weight excluding hydrogens is 1110 g/mol. The number of ether oxygens (including phenoxy) is 2. The van der Waals surface area contributed by atoms with E-state index >= 15 is 8.78 Å². The number of aliphatic hydroxyl groups is 1. The van der Waals surface area contributed by atoms with Gasteiger partial charge in [-0.25, -0.2) is 32.5 Å². The lowest BCUT2D eigenvalue weighted by Crippen LogP contribution is -2.54. The maximum atomic E-state index is 16.5. The summed E-state index contributed by atoms with van der Waals surface area (Å²) < 4.78 is 59.8. The third kappa shape index (κ3) is 18.3. The van der Waals surface area contributed by atoms with Crippen LogP contribution in [-0.2, 0) is 46.6 Å². The second-order valence-corrected chi connectivity index (χ2v) is 22.0. The van der Waals surface area contributed by atoms with Crippen LogP contribution in [-0.4, -0.2) is 154 Å². The highest BCUT2D eigenvalue weighted by atomic mass is 19.1. The first-order chi connectivity index (χ1) is 40.8. The lowest BCUT2D eigenvalue weighted by Gasteiger charge is -2.40. The molecule has 0 spiro atoms. The minimum absolute atomic E-state index is 0.0747. The van der Waals surface area contributed by atoms with Crippen molar-refractivity contribution in [3.8, 4) is 11.3 Å². The van der Waals surface area contributed by atoms with Crippen molar-refractivity contribution in [1.29, 1.82) is 0 Å². The number of benzene rings is 3. The van der Waals surface area contributed by atoms with Gasteiger partial charge in [0, 0.05) is 87.9 Å². The molecule has 3 aliphatic heterocycles. The van der Waals surface area contributed by atoms with E-state index < -0.39 is 90.4 Å². The summed E-state index contributed by atoms with van der Waals surface area (Å²) in [4.78, 5) is 113. The van der Waals surface area contributed by atoms with Crippen molar-refractivity contribution >= 4 is 53.4 Å². The van der Waals surface area contributed by atoms with Gasteiger partial charge in [-0.05, 0) is 98.7 Å². The molecule has 0 bridgehead atoms. The standard InChI is InChI=1S/C60H76F3N11O11/c1-37(2)53(70-50(76)14-8-5-9-26-73-51(77)21-22-52(73)78)57(80)69-48(13-10-25-65-58(64)81)56(79)67-44-18-15-40(16-19-44)36-85-60(83)72-31-42(47(63)33-72)32-74(59(82)66-38(3)35-75)54(41-23-27-84-28-24-41)55-68-49(45-29-43(61)17-20-46(45)62)34-71(55)30-39-11-6-4-7-12-39/h4,6-7,11-12,15-22,29,34,37-38,41-42,47-48,53-54,75H,5,8-10,13-14,23-28,30-33,35-36H2,1-3H3,(H,66,82)(H,67,79)(H,69,80)(H,70,76)(H3,64,65,81)/t38?,42-,47-,48-,53-,54+/m0/s1. The van der Waals surface area contributed by atoms with E-state index in [0.717, 1.165) is 28.7 Å². The molecule has 10 amide bonds. The molecule has 7 rings (SSSR count). The number of rotatable bonds is 28. The number of primary amides is 1. The van der Waals surface area contributed by atoms with Gasteiger partial charge >= 0.3 is 18.2 Å². The van der Waals surface area contributed by atoms with Crippen LogP contribution >= 0.6 is 0 Å². The molecule has 1 aromatic heterocycles. The fourth-order valence-corrected chi connectivity index (χ4v) is 10.5. The zero-order valence-corrected chi connectivity index (χ0v) is 48.0. The zero-order chi connectivity index (χ0) is 61.2. The Morgan fingerprint density at radius 1 is 0.859 bits per heavy atom. The number of hydrogen-bond donors (Lipinski definition) is 7. The molecule has 3 aromatic carbocycles. The molecule has 0 radical (unpaired) electrons. The van der Waals surface area contributed by atoms with Crippen LogP contribution in [0.5, 0.6) is 0 Å². The second kappa shape index (κ2) is 31.0. The predicted octanol–water partition coefficient (Wildman–Crippen LogP) is 5.84. The Balaban J connectivity index is 0.991. The van der Waals surface area contributed by atoms with Crippen molar-refractivity contribution < 1.29 is 66.1 Å². The van der Waals surface area contributed by atoms with E-state index in [2.05, 4.69) is 26.6 Å². The molecule has 4 aromatic rings. The Kier molecular flexibility index (Phi) is 23.4. The lowest BCUT2D eigenvalue weighted by molar-refractivity contribution is -0.137. The summed E-state index contributed by atoms with van der Waals surface area (Å²) in [5, 5.41) is 23.6. The summed E-state index contributed by atoms with van der Waals surface area (Å²) in [6.07, 6.45) is 4.42. The first-order valence-corrected chi connectivity index (χ1v) is 28.7. The number of urea groups is 2. The van der Waals surface area contributed by atoms with Crippen LogP contribution in [0.25, 0.3) is 11.3 Å². The summed E-state index contributed by atoms with van der Waals surface area (Å²) in [6, 6.07) is 13.6. The average molecular weight is 1180 g/mol. The van der Waals surface area contributed by atoms with E-state index in [-0.39, 0.29) is 100 Å². The van der Waals surface area contributed by atoms with Gasteiger partial charge in [0.05, 0.1) is 30.9 Å². The number of imidazole rings is 1. The van der Waals surface area contributed by atoms with E-state index in [1.165, 1.54) is 22.0 Å².